The van der Waals surface area contributed by atoms with E-state index in [0.717, 1.165) is 18.5 Å². The summed E-state index contributed by atoms with van der Waals surface area (Å²) >= 11 is 0. The Bertz CT molecular complexity index is 811. The van der Waals surface area contributed by atoms with E-state index in [-0.39, 0.29) is 17.3 Å². The van der Waals surface area contributed by atoms with Crippen LogP contribution in [0.4, 0.5) is 5.95 Å². The number of nitrogens with one attached hydrogen (secondary N) is 1. The van der Waals surface area contributed by atoms with Crippen molar-refractivity contribution in [2.45, 2.75) is 25.3 Å². The molecule has 1 aliphatic carbocycles. The minimum Gasteiger partial charge on any atom is -0.504 e. The Balaban J connectivity index is 1.92. The van der Waals surface area contributed by atoms with Crippen molar-refractivity contribution in [2.24, 2.45) is 0 Å². The number of allylic oxidation sites excluding steroid dienone is 2. The van der Waals surface area contributed by atoms with Gasteiger partial charge in [-0.25, -0.2) is 0 Å². The van der Waals surface area contributed by atoms with Gasteiger partial charge in [0.05, 0.1) is 0 Å². The van der Waals surface area contributed by atoms with Crippen LogP contribution in [0.5, 0.6) is 11.5 Å². The first-order chi connectivity index (χ1) is 10.6. The van der Waals surface area contributed by atoms with Crippen LogP contribution in [-0.2, 0) is 4.79 Å². The fourth-order valence-electron chi connectivity index (χ4n) is 3.04. The van der Waals surface area contributed by atoms with Gasteiger partial charge in [-0.15, -0.1) is 0 Å². The first-order valence-electron chi connectivity index (χ1n) is 6.98. The van der Waals surface area contributed by atoms with Crippen LogP contribution < -0.4 is 5.32 Å². The molecular weight excluding hydrogens is 286 g/mol. The van der Waals surface area contributed by atoms with Gasteiger partial charge in [-0.3, -0.25) is 4.79 Å². The van der Waals surface area contributed by atoms with Gasteiger partial charge in [-0.05, 0) is 41.0 Å². The number of nitrogens with zero attached hydrogens (tertiary/aromatic N) is 4. The number of aromatic hydroxyl groups is 2. The van der Waals surface area contributed by atoms with Gasteiger partial charge in [0.25, 0.3) is 0 Å². The molecule has 4 rings (SSSR count). The number of tetrazole rings is 1. The van der Waals surface area contributed by atoms with Crippen LogP contribution in [0.2, 0.25) is 0 Å². The second-order valence-electron chi connectivity index (χ2n) is 5.39. The molecule has 0 fully saturated rings. The average Bonchev–Trinajstić information content (AvgIpc) is 2.96. The first kappa shape index (κ1) is 12.8. The van der Waals surface area contributed by atoms with Crippen LogP contribution in [0.15, 0.2) is 29.5 Å². The van der Waals surface area contributed by atoms with Gasteiger partial charge >= 0.3 is 0 Å². The maximum atomic E-state index is 12.4. The first-order valence-corrected chi connectivity index (χ1v) is 6.98. The fourth-order valence-corrected chi connectivity index (χ4v) is 3.04. The molecule has 2 aliphatic rings. The number of phenolic OH excluding ortho intramolecular Hbond substituents is 2. The van der Waals surface area contributed by atoms with E-state index in [2.05, 4.69) is 20.8 Å². The summed E-state index contributed by atoms with van der Waals surface area (Å²) in [6, 6.07) is 3.98. The Morgan fingerprint density at radius 1 is 1.23 bits per heavy atom. The molecule has 0 amide bonds. The van der Waals surface area contributed by atoms with Gasteiger partial charge in [-0.1, -0.05) is 11.2 Å². The van der Waals surface area contributed by atoms with E-state index in [1.54, 1.807) is 6.07 Å². The summed E-state index contributed by atoms with van der Waals surface area (Å²) in [6.07, 6.45) is 2.03. The lowest BCUT2D eigenvalue weighted by atomic mass is 9.85. The normalized spacial score (nSPS) is 20.4. The molecule has 1 aromatic heterocycles. The van der Waals surface area contributed by atoms with Gasteiger partial charge < -0.3 is 15.5 Å². The van der Waals surface area contributed by atoms with E-state index in [1.165, 1.54) is 16.8 Å². The van der Waals surface area contributed by atoms with Gasteiger partial charge in [-0.2, -0.15) is 4.68 Å². The quantitative estimate of drug-likeness (QED) is 0.676. The maximum absolute atomic E-state index is 12.4. The number of hydrogen-bond donors (Lipinski definition) is 3. The molecule has 8 nitrogen and oxygen atoms in total. The highest BCUT2D eigenvalue weighted by atomic mass is 16.3. The second-order valence-corrected chi connectivity index (χ2v) is 5.39. The number of ketones is 1. The molecule has 0 saturated carbocycles. The number of rotatable bonds is 1. The standard InChI is InChI=1S/C14H13N5O3/c20-9-5-4-7(6-11(9)22)13-12-8(2-1-3-10(12)21)15-14-16-17-18-19(13)14/h4-6,13,20,22H,1-3H2,(H,15,16,18). The van der Waals surface area contributed by atoms with Crippen molar-refractivity contribution in [3.8, 4) is 11.5 Å². The predicted octanol–water partition coefficient (Wildman–Crippen LogP) is 1.11. The SMILES string of the molecule is O=C1CCCC2=C1C(c1ccc(O)c(O)c1)n1nnnc1N2. The molecule has 2 heterocycles. The molecule has 22 heavy (non-hydrogen) atoms. The highest BCUT2D eigenvalue weighted by Gasteiger charge is 2.36. The summed E-state index contributed by atoms with van der Waals surface area (Å²) in [5, 5.41) is 33.9. The van der Waals surface area contributed by atoms with E-state index < -0.39 is 6.04 Å². The number of aromatic nitrogens is 4. The number of carbonyl (C=O) groups is 1. The summed E-state index contributed by atoms with van der Waals surface area (Å²) in [6.45, 7) is 0. The Hall–Kier alpha value is -2.90. The number of phenols is 2. The minimum atomic E-state index is -0.499. The minimum absolute atomic E-state index is 0.0486. The summed E-state index contributed by atoms with van der Waals surface area (Å²) < 4.78 is 1.52. The van der Waals surface area contributed by atoms with Gasteiger partial charge in [0.15, 0.2) is 17.3 Å². The summed E-state index contributed by atoms with van der Waals surface area (Å²) in [5.74, 6) is 0.0633. The van der Waals surface area contributed by atoms with Gasteiger partial charge in [0, 0.05) is 17.7 Å². The summed E-state index contributed by atoms with van der Waals surface area (Å²) in [5.41, 5.74) is 2.10. The topological polar surface area (TPSA) is 113 Å². The van der Waals surface area contributed by atoms with Gasteiger partial charge in [0.1, 0.15) is 6.04 Å². The largest absolute Gasteiger partial charge is 0.504 e. The number of anilines is 1. The molecule has 1 aliphatic heterocycles. The Kier molecular flexibility index (Phi) is 2.65. The molecule has 0 radical (unpaired) electrons. The zero-order valence-electron chi connectivity index (χ0n) is 11.5. The molecule has 1 atom stereocenters. The number of benzene rings is 1. The van der Waals surface area contributed by atoms with Crippen molar-refractivity contribution in [1.29, 1.82) is 0 Å². The third-order valence-electron chi connectivity index (χ3n) is 4.04. The van der Waals surface area contributed by atoms with Crippen molar-refractivity contribution < 1.29 is 15.0 Å². The lowest BCUT2D eigenvalue weighted by molar-refractivity contribution is -0.116. The van der Waals surface area contributed by atoms with Crippen molar-refractivity contribution >= 4 is 11.7 Å². The highest BCUT2D eigenvalue weighted by Crippen LogP contribution is 2.40. The Morgan fingerprint density at radius 3 is 2.91 bits per heavy atom. The molecule has 0 saturated heterocycles. The zero-order chi connectivity index (χ0) is 15.3. The van der Waals surface area contributed by atoms with E-state index in [0.29, 0.717) is 23.5 Å². The van der Waals surface area contributed by atoms with Crippen molar-refractivity contribution in [3.05, 3.63) is 35.0 Å². The third kappa shape index (κ3) is 1.77. The molecule has 1 unspecified atom stereocenters. The Morgan fingerprint density at radius 2 is 2.09 bits per heavy atom. The molecule has 3 N–H and O–H groups in total. The molecule has 0 bridgehead atoms. The molecule has 2 aromatic rings. The van der Waals surface area contributed by atoms with Crippen molar-refractivity contribution in [3.63, 3.8) is 0 Å². The lowest BCUT2D eigenvalue weighted by Gasteiger charge is -2.31. The van der Waals surface area contributed by atoms with E-state index >= 15 is 0 Å². The maximum Gasteiger partial charge on any atom is 0.248 e. The third-order valence-corrected chi connectivity index (χ3v) is 4.04. The van der Waals surface area contributed by atoms with Crippen molar-refractivity contribution in [2.75, 3.05) is 5.32 Å². The molecule has 8 heteroatoms. The van der Waals surface area contributed by atoms with Crippen LogP contribution in [-0.4, -0.2) is 36.2 Å². The van der Waals surface area contributed by atoms with E-state index in [4.69, 9.17) is 0 Å². The number of fused-ring (bicyclic) bond motifs is 1. The van der Waals surface area contributed by atoms with Gasteiger partial charge in [0.2, 0.25) is 5.95 Å². The number of hydrogen-bond acceptors (Lipinski definition) is 7. The smallest absolute Gasteiger partial charge is 0.248 e. The number of carbonyl (C=O) groups excluding carboxylic acids is 1. The highest BCUT2D eigenvalue weighted by molar-refractivity contribution is 5.99. The molecule has 0 spiro atoms. The molecular formula is C14H13N5O3. The molecule has 112 valence electrons. The molecule has 1 aromatic carbocycles. The monoisotopic (exact) mass is 299 g/mol. The predicted molar refractivity (Wildman–Crippen MR) is 75.2 cm³/mol. The summed E-state index contributed by atoms with van der Waals surface area (Å²) in [4.78, 5) is 12.4. The fraction of sp³-hybridized carbons (Fsp3) is 0.286. The van der Waals surface area contributed by atoms with Crippen LogP contribution >= 0.6 is 0 Å². The van der Waals surface area contributed by atoms with Crippen LogP contribution in [0.25, 0.3) is 0 Å². The van der Waals surface area contributed by atoms with Crippen LogP contribution in [0, 0.1) is 0 Å². The number of Topliss-reactive ketones (excluding diaryl/α,β-unsaturated/α-hetero) is 1. The van der Waals surface area contributed by atoms with Crippen molar-refractivity contribution in [1.82, 2.24) is 20.2 Å². The van der Waals surface area contributed by atoms with Crippen LogP contribution in [0.1, 0.15) is 30.9 Å². The van der Waals surface area contributed by atoms with E-state index in [1.807, 2.05) is 0 Å². The lowest BCUT2D eigenvalue weighted by Crippen LogP contribution is -2.31. The van der Waals surface area contributed by atoms with E-state index in [9.17, 15) is 15.0 Å². The van der Waals surface area contributed by atoms with Crippen LogP contribution in [0.3, 0.4) is 0 Å². The second kappa shape index (κ2) is 4.55. The summed E-state index contributed by atoms with van der Waals surface area (Å²) in [7, 11) is 0. The Labute approximate surface area is 125 Å². The zero-order valence-corrected chi connectivity index (χ0v) is 11.5. The average molecular weight is 299 g/mol.